The number of aryl methyl sites for hydroxylation is 1. The lowest BCUT2D eigenvalue weighted by molar-refractivity contribution is -0.160. The lowest BCUT2D eigenvalue weighted by Crippen LogP contribution is -2.45. The van der Waals surface area contributed by atoms with Crippen molar-refractivity contribution in [3.8, 4) is 11.3 Å². The van der Waals surface area contributed by atoms with Gasteiger partial charge in [0.25, 0.3) is 0 Å². The molecule has 3 heterocycles. The smallest absolute Gasteiger partial charge is 0.337 e. The first-order valence-corrected chi connectivity index (χ1v) is 13.3. The highest BCUT2D eigenvalue weighted by molar-refractivity contribution is 9.10. The van der Waals surface area contributed by atoms with Crippen LogP contribution >= 0.6 is 15.9 Å². The van der Waals surface area contributed by atoms with Crippen molar-refractivity contribution < 1.29 is 19.4 Å². The number of ether oxygens (including phenoxy) is 2. The van der Waals surface area contributed by atoms with E-state index >= 15 is 0 Å². The van der Waals surface area contributed by atoms with E-state index in [1.165, 1.54) is 0 Å². The molecule has 0 bridgehead atoms. The van der Waals surface area contributed by atoms with Crippen LogP contribution < -0.4 is 4.90 Å². The Morgan fingerprint density at radius 1 is 1.30 bits per heavy atom. The number of nitrogens with zero attached hydrogens (tertiary/aromatic N) is 4. The zero-order chi connectivity index (χ0) is 27.0. The molecule has 0 aliphatic carbocycles. The van der Waals surface area contributed by atoms with E-state index < -0.39 is 17.7 Å². The van der Waals surface area contributed by atoms with E-state index in [4.69, 9.17) is 19.4 Å². The zero-order valence-corrected chi connectivity index (χ0v) is 23.7. The molecule has 0 radical (unpaired) electrons. The summed E-state index contributed by atoms with van der Waals surface area (Å²) in [7, 11) is 0. The van der Waals surface area contributed by atoms with Gasteiger partial charge in [-0.15, -0.1) is 6.58 Å². The Labute approximate surface area is 226 Å². The molecule has 0 spiro atoms. The van der Waals surface area contributed by atoms with Gasteiger partial charge in [0.1, 0.15) is 5.82 Å². The minimum absolute atomic E-state index is 0.267. The number of hydrogen-bond acceptors (Lipinski definition) is 6. The van der Waals surface area contributed by atoms with Crippen molar-refractivity contribution in [3.05, 3.63) is 58.8 Å². The minimum Gasteiger partial charge on any atom is -0.479 e. The van der Waals surface area contributed by atoms with Gasteiger partial charge in [-0.25, -0.2) is 14.8 Å². The molecule has 1 fully saturated rings. The molecule has 8 nitrogen and oxygen atoms in total. The number of anilines is 1. The number of rotatable bonds is 8. The monoisotopic (exact) mass is 570 g/mol. The standard InChI is InChI=1S/C28H35BrN4O4/c1-7-15-36-28(6)11-13-32(14-12-28)24-22(23(25(34)35)37-27(3,4)5)18(2)30-26-31-21(17-33(24)26)19-9-8-10-20(29)16-19/h7-10,16-17,23H,1,11-15H2,2-6H3,(H,34,35). The summed E-state index contributed by atoms with van der Waals surface area (Å²) in [6.45, 7) is 15.2. The molecule has 37 heavy (non-hydrogen) atoms. The topological polar surface area (TPSA) is 89.2 Å². The van der Waals surface area contributed by atoms with E-state index in [1.807, 2.05) is 62.6 Å². The van der Waals surface area contributed by atoms with Crippen LogP contribution in [0.5, 0.6) is 0 Å². The third-order valence-corrected chi connectivity index (χ3v) is 7.06. The summed E-state index contributed by atoms with van der Waals surface area (Å²) in [5.41, 5.74) is 1.89. The molecule has 1 aliphatic heterocycles. The quantitative estimate of drug-likeness (QED) is 0.333. The van der Waals surface area contributed by atoms with Crippen LogP contribution in [0.4, 0.5) is 5.82 Å². The van der Waals surface area contributed by atoms with Crippen molar-refractivity contribution in [1.29, 1.82) is 0 Å². The van der Waals surface area contributed by atoms with Crippen LogP contribution in [0.15, 0.2) is 47.6 Å². The number of hydrogen-bond donors (Lipinski definition) is 1. The van der Waals surface area contributed by atoms with Crippen LogP contribution in [-0.2, 0) is 14.3 Å². The first kappa shape index (κ1) is 27.3. The number of piperidine rings is 1. The van der Waals surface area contributed by atoms with Gasteiger partial charge < -0.3 is 19.5 Å². The van der Waals surface area contributed by atoms with Crippen LogP contribution in [0.2, 0.25) is 0 Å². The molecule has 1 atom stereocenters. The van der Waals surface area contributed by atoms with Crippen molar-refractivity contribution in [2.24, 2.45) is 0 Å². The molecular formula is C28H35BrN4O4. The number of aromatic nitrogens is 3. The highest BCUT2D eigenvalue weighted by atomic mass is 79.9. The van der Waals surface area contributed by atoms with Crippen molar-refractivity contribution in [2.45, 2.75) is 64.8 Å². The molecule has 4 rings (SSSR count). The Balaban J connectivity index is 1.87. The second-order valence-corrected chi connectivity index (χ2v) is 11.6. The number of halogens is 1. The summed E-state index contributed by atoms with van der Waals surface area (Å²) in [5.74, 6) is 0.213. The Bertz CT molecular complexity index is 1310. The van der Waals surface area contributed by atoms with E-state index in [9.17, 15) is 9.90 Å². The van der Waals surface area contributed by atoms with Gasteiger partial charge >= 0.3 is 5.97 Å². The molecule has 3 aromatic rings. The predicted molar refractivity (Wildman–Crippen MR) is 148 cm³/mol. The van der Waals surface area contributed by atoms with Gasteiger partial charge in [0, 0.05) is 29.3 Å². The molecule has 198 valence electrons. The lowest BCUT2D eigenvalue weighted by Gasteiger charge is -2.41. The summed E-state index contributed by atoms with van der Waals surface area (Å²) in [6.07, 6.45) is 4.08. The largest absolute Gasteiger partial charge is 0.479 e. The molecule has 2 aromatic heterocycles. The van der Waals surface area contributed by atoms with E-state index in [1.54, 1.807) is 6.08 Å². The summed E-state index contributed by atoms with van der Waals surface area (Å²) in [6, 6.07) is 7.92. The van der Waals surface area contributed by atoms with E-state index in [0.717, 1.165) is 34.4 Å². The summed E-state index contributed by atoms with van der Waals surface area (Å²) >= 11 is 3.54. The van der Waals surface area contributed by atoms with Gasteiger partial charge in [-0.1, -0.05) is 34.1 Å². The highest BCUT2D eigenvalue weighted by Gasteiger charge is 2.37. The Kier molecular flexibility index (Phi) is 7.78. The number of carbonyl (C=O) groups is 1. The SMILES string of the molecule is C=CCOC1(C)CCN(c2c(C(OC(C)(C)C)C(=O)O)c(C)nc3nc(-c4cccc(Br)c4)cn23)CC1. The van der Waals surface area contributed by atoms with Crippen LogP contribution in [0.3, 0.4) is 0 Å². The van der Waals surface area contributed by atoms with Crippen molar-refractivity contribution in [2.75, 3.05) is 24.6 Å². The first-order valence-electron chi connectivity index (χ1n) is 12.5. The Morgan fingerprint density at radius 2 is 2.00 bits per heavy atom. The van der Waals surface area contributed by atoms with Gasteiger partial charge in [0.15, 0.2) is 6.10 Å². The van der Waals surface area contributed by atoms with E-state index in [2.05, 4.69) is 34.3 Å². The molecule has 1 aromatic carbocycles. The van der Waals surface area contributed by atoms with Gasteiger partial charge in [0.2, 0.25) is 5.78 Å². The van der Waals surface area contributed by atoms with Crippen LogP contribution in [0, 0.1) is 6.92 Å². The van der Waals surface area contributed by atoms with Crippen LogP contribution in [0.25, 0.3) is 17.0 Å². The number of carboxylic acids is 1. The fourth-order valence-electron chi connectivity index (χ4n) is 4.71. The number of benzene rings is 1. The molecule has 1 aliphatic rings. The lowest BCUT2D eigenvalue weighted by atomic mass is 9.92. The number of carboxylic acid groups (broad SMARTS) is 1. The maximum atomic E-state index is 12.6. The Hall–Kier alpha value is -2.75. The first-order chi connectivity index (χ1) is 17.4. The van der Waals surface area contributed by atoms with Crippen LogP contribution in [0.1, 0.15) is 57.9 Å². The number of imidazole rings is 1. The normalized spacial score (nSPS) is 16.6. The second-order valence-electron chi connectivity index (χ2n) is 10.7. The summed E-state index contributed by atoms with van der Waals surface area (Å²) < 4.78 is 15.0. The van der Waals surface area contributed by atoms with Crippen LogP contribution in [-0.4, -0.2) is 56.3 Å². The van der Waals surface area contributed by atoms with Gasteiger partial charge in [-0.2, -0.15) is 0 Å². The van der Waals surface area contributed by atoms with Crippen molar-refractivity contribution in [1.82, 2.24) is 14.4 Å². The molecule has 0 amide bonds. The average molecular weight is 572 g/mol. The van der Waals surface area contributed by atoms with Crippen molar-refractivity contribution >= 4 is 33.5 Å². The third kappa shape index (κ3) is 6.05. The van der Waals surface area contributed by atoms with Gasteiger partial charge in [0.05, 0.1) is 34.8 Å². The second kappa shape index (κ2) is 10.6. The minimum atomic E-state index is -1.19. The molecule has 1 N–H and O–H groups in total. The molecule has 1 saturated heterocycles. The molecular weight excluding hydrogens is 536 g/mol. The van der Waals surface area contributed by atoms with E-state index in [-0.39, 0.29) is 5.60 Å². The van der Waals surface area contributed by atoms with Gasteiger partial charge in [-0.05, 0) is 59.6 Å². The van der Waals surface area contributed by atoms with Crippen molar-refractivity contribution in [3.63, 3.8) is 0 Å². The number of fused-ring (bicyclic) bond motifs is 1. The van der Waals surface area contributed by atoms with Gasteiger partial charge in [-0.3, -0.25) is 4.40 Å². The molecule has 0 saturated carbocycles. The fraction of sp³-hybridized carbons (Fsp3) is 0.464. The summed E-state index contributed by atoms with van der Waals surface area (Å²) in [4.78, 5) is 24.3. The highest BCUT2D eigenvalue weighted by Crippen LogP contribution is 2.38. The van der Waals surface area contributed by atoms with E-state index in [0.29, 0.717) is 36.7 Å². The summed E-state index contributed by atoms with van der Waals surface area (Å²) in [5, 5.41) is 10.3. The zero-order valence-electron chi connectivity index (χ0n) is 22.1. The fourth-order valence-corrected chi connectivity index (χ4v) is 5.11. The molecule has 1 unspecified atom stereocenters. The maximum Gasteiger partial charge on any atom is 0.337 e. The molecule has 9 heteroatoms. The third-order valence-electron chi connectivity index (χ3n) is 6.56. The maximum absolute atomic E-state index is 12.6. The Morgan fingerprint density at radius 3 is 2.59 bits per heavy atom. The number of aliphatic carboxylic acids is 1. The predicted octanol–water partition coefficient (Wildman–Crippen LogP) is 5.97. The average Bonchev–Trinajstić information content (AvgIpc) is 3.24.